The largest absolute Gasteiger partial charge is 0.507 e. The molecule has 0 spiro atoms. The number of amides is 1. The van der Waals surface area contributed by atoms with Crippen molar-refractivity contribution < 1.29 is 19.4 Å². The van der Waals surface area contributed by atoms with Crippen molar-refractivity contribution in [2.24, 2.45) is 0 Å². The van der Waals surface area contributed by atoms with Crippen molar-refractivity contribution in [2.75, 3.05) is 11.1 Å². The van der Waals surface area contributed by atoms with Crippen LogP contribution >= 0.6 is 0 Å². The summed E-state index contributed by atoms with van der Waals surface area (Å²) in [7, 11) is 0. The lowest BCUT2D eigenvalue weighted by Gasteiger charge is -2.11. The van der Waals surface area contributed by atoms with Gasteiger partial charge in [-0.3, -0.25) is 4.79 Å². The number of nitrogens with one attached hydrogen (secondary N) is 1. The Hall–Kier alpha value is -4.58. The second-order valence-electron chi connectivity index (χ2n) is 7.78. The van der Waals surface area contributed by atoms with Gasteiger partial charge in [0.25, 0.3) is 5.91 Å². The van der Waals surface area contributed by atoms with Crippen molar-refractivity contribution in [3.05, 3.63) is 97.1 Å². The molecule has 0 aliphatic rings. The molecule has 0 radical (unpaired) electrons. The van der Waals surface area contributed by atoms with Gasteiger partial charge < -0.3 is 20.9 Å². The first-order chi connectivity index (χ1) is 16.2. The van der Waals surface area contributed by atoms with E-state index in [0.717, 1.165) is 21.5 Å². The zero-order valence-corrected chi connectivity index (χ0v) is 19.1. The summed E-state index contributed by atoms with van der Waals surface area (Å²) < 4.78 is 5.33. The third-order valence-corrected chi connectivity index (χ3v) is 5.00. The number of hydrogen-bond acceptors (Lipinski definition) is 5. The van der Waals surface area contributed by atoms with Gasteiger partial charge in [-0.25, -0.2) is 4.79 Å². The van der Waals surface area contributed by atoms with Gasteiger partial charge in [0.1, 0.15) is 11.5 Å². The van der Waals surface area contributed by atoms with E-state index in [1.165, 1.54) is 0 Å². The van der Waals surface area contributed by atoms with Crippen molar-refractivity contribution in [1.29, 1.82) is 0 Å². The topological polar surface area (TPSA) is 102 Å². The average molecular weight is 455 g/mol. The number of anilines is 2. The molecule has 0 atom stereocenters. The fourth-order valence-corrected chi connectivity index (χ4v) is 3.21. The second-order valence-corrected chi connectivity index (χ2v) is 7.78. The molecule has 34 heavy (non-hydrogen) atoms. The predicted octanol–water partition coefficient (Wildman–Crippen LogP) is 5.96. The molecule has 1 amide bonds. The SMILES string of the molecule is C=C(C)C(=O)Nc1cccc2c(OC(=O)C(=C)C)cccc12.Nc1cccc2c(O)cccc12. The predicted molar refractivity (Wildman–Crippen MR) is 138 cm³/mol. The Kier molecular flexibility index (Phi) is 7.33. The molecule has 0 heterocycles. The molecule has 6 heteroatoms. The normalized spacial score (nSPS) is 10.2. The van der Waals surface area contributed by atoms with Gasteiger partial charge in [0.05, 0.1) is 0 Å². The van der Waals surface area contributed by atoms with Crippen LogP contribution in [0.25, 0.3) is 21.5 Å². The average Bonchev–Trinajstić information content (AvgIpc) is 2.81. The van der Waals surface area contributed by atoms with Gasteiger partial charge in [-0.1, -0.05) is 61.7 Å². The first-order valence-electron chi connectivity index (χ1n) is 10.5. The number of benzene rings is 4. The van der Waals surface area contributed by atoms with E-state index in [0.29, 0.717) is 28.3 Å². The van der Waals surface area contributed by atoms with Crippen molar-refractivity contribution in [3.63, 3.8) is 0 Å². The van der Waals surface area contributed by atoms with Crippen LogP contribution in [0, 0.1) is 0 Å². The number of esters is 1. The highest BCUT2D eigenvalue weighted by molar-refractivity contribution is 6.09. The zero-order chi connectivity index (χ0) is 24.8. The Morgan fingerprint density at radius 2 is 1.38 bits per heavy atom. The number of phenols is 1. The number of hydrogen-bond donors (Lipinski definition) is 3. The van der Waals surface area contributed by atoms with Crippen LogP contribution in [-0.2, 0) is 9.59 Å². The van der Waals surface area contributed by atoms with E-state index in [1.54, 1.807) is 50.2 Å². The summed E-state index contributed by atoms with van der Waals surface area (Å²) in [4.78, 5) is 23.5. The third-order valence-electron chi connectivity index (χ3n) is 5.00. The molecule has 4 aromatic rings. The Morgan fingerprint density at radius 3 is 2.06 bits per heavy atom. The van der Waals surface area contributed by atoms with E-state index in [4.69, 9.17) is 10.5 Å². The number of carbonyl (C=O) groups excluding carboxylic acids is 2. The van der Waals surface area contributed by atoms with Crippen LogP contribution < -0.4 is 15.8 Å². The van der Waals surface area contributed by atoms with Crippen LogP contribution in [0.2, 0.25) is 0 Å². The molecule has 172 valence electrons. The summed E-state index contributed by atoms with van der Waals surface area (Å²) in [5.74, 6) is -0.0302. The van der Waals surface area contributed by atoms with Crippen LogP contribution in [0.5, 0.6) is 11.5 Å². The summed E-state index contributed by atoms with van der Waals surface area (Å²) in [5.41, 5.74) is 7.79. The smallest absolute Gasteiger partial charge is 0.338 e. The summed E-state index contributed by atoms with van der Waals surface area (Å²) in [5, 5.41) is 15.4. The quantitative estimate of drug-likeness (QED) is 0.153. The minimum Gasteiger partial charge on any atom is -0.507 e. The Morgan fingerprint density at radius 1 is 0.794 bits per heavy atom. The number of carbonyl (C=O) groups is 2. The van der Waals surface area contributed by atoms with Crippen LogP contribution in [0.15, 0.2) is 97.1 Å². The van der Waals surface area contributed by atoms with Crippen LogP contribution in [0.3, 0.4) is 0 Å². The molecule has 4 rings (SSSR count). The molecule has 0 aliphatic heterocycles. The lowest BCUT2D eigenvalue weighted by molar-refractivity contribution is -0.130. The maximum atomic E-state index is 11.8. The van der Waals surface area contributed by atoms with Crippen LogP contribution in [0.1, 0.15) is 13.8 Å². The molecule has 0 fully saturated rings. The van der Waals surface area contributed by atoms with Gasteiger partial charge in [0.15, 0.2) is 0 Å². The maximum absolute atomic E-state index is 11.8. The van der Waals surface area contributed by atoms with E-state index in [-0.39, 0.29) is 11.7 Å². The van der Waals surface area contributed by atoms with Crippen LogP contribution in [-0.4, -0.2) is 17.0 Å². The van der Waals surface area contributed by atoms with E-state index in [9.17, 15) is 14.7 Å². The molecule has 4 aromatic carbocycles. The third kappa shape index (κ3) is 5.42. The molecule has 0 saturated carbocycles. The van der Waals surface area contributed by atoms with Crippen molar-refractivity contribution in [1.82, 2.24) is 0 Å². The number of ether oxygens (including phenoxy) is 1. The summed E-state index contributed by atoms with van der Waals surface area (Å²) in [6.07, 6.45) is 0. The number of nitrogen functional groups attached to an aromatic ring is 1. The minimum absolute atomic E-state index is 0.253. The van der Waals surface area contributed by atoms with Crippen molar-refractivity contribution in [2.45, 2.75) is 13.8 Å². The zero-order valence-electron chi connectivity index (χ0n) is 19.1. The second kappa shape index (κ2) is 10.4. The maximum Gasteiger partial charge on any atom is 0.338 e. The summed E-state index contributed by atoms with van der Waals surface area (Å²) in [6.45, 7) is 10.4. The van der Waals surface area contributed by atoms with E-state index in [2.05, 4.69) is 18.5 Å². The molecule has 0 aliphatic carbocycles. The number of aromatic hydroxyl groups is 1. The Bertz CT molecular complexity index is 1310. The molecule has 4 N–H and O–H groups in total. The Balaban J connectivity index is 0.000000226. The van der Waals surface area contributed by atoms with Crippen LogP contribution in [0.4, 0.5) is 11.4 Å². The monoisotopic (exact) mass is 454 g/mol. The number of rotatable bonds is 4. The van der Waals surface area contributed by atoms with Gasteiger partial charge in [-0.05, 0) is 38.1 Å². The Labute approximate surface area is 198 Å². The summed E-state index contributed by atoms with van der Waals surface area (Å²) >= 11 is 0. The standard InChI is InChI=1S/C18H17NO3.C10H9NO/c1-11(2)17(20)19-15-9-5-8-14-13(15)7-6-10-16(14)22-18(21)12(3)4;11-9-5-1-4-8-7(9)3-2-6-10(8)12/h5-10H,1,3H2,2,4H3,(H,19,20);1-6,12H,11H2. The molecular formula is C28H26N2O4. The summed E-state index contributed by atoms with van der Waals surface area (Å²) in [6, 6.07) is 21.5. The molecule has 0 saturated heterocycles. The highest BCUT2D eigenvalue weighted by atomic mass is 16.5. The molecule has 6 nitrogen and oxygen atoms in total. The fraction of sp³-hybridized carbons (Fsp3) is 0.0714. The van der Waals surface area contributed by atoms with Crippen molar-refractivity contribution in [3.8, 4) is 11.5 Å². The van der Waals surface area contributed by atoms with Gasteiger partial charge in [-0.15, -0.1) is 0 Å². The molecule has 0 bridgehead atoms. The lowest BCUT2D eigenvalue weighted by Crippen LogP contribution is -2.12. The first kappa shape index (κ1) is 24.1. The number of phenolic OH excluding ortho intramolecular Hbond substituents is 1. The van der Waals surface area contributed by atoms with Gasteiger partial charge in [0, 0.05) is 44.1 Å². The van der Waals surface area contributed by atoms with E-state index < -0.39 is 5.97 Å². The number of fused-ring (bicyclic) bond motifs is 2. The highest BCUT2D eigenvalue weighted by Gasteiger charge is 2.12. The molecule has 0 aromatic heterocycles. The molecule has 0 unspecified atom stereocenters. The lowest BCUT2D eigenvalue weighted by atomic mass is 10.1. The fourth-order valence-electron chi connectivity index (χ4n) is 3.21. The van der Waals surface area contributed by atoms with E-state index >= 15 is 0 Å². The van der Waals surface area contributed by atoms with Gasteiger partial charge in [0.2, 0.25) is 0 Å². The first-order valence-corrected chi connectivity index (χ1v) is 10.5. The van der Waals surface area contributed by atoms with Crippen molar-refractivity contribution >= 4 is 44.8 Å². The van der Waals surface area contributed by atoms with Gasteiger partial charge in [-0.2, -0.15) is 0 Å². The van der Waals surface area contributed by atoms with E-state index in [1.807, 2.05) is 36.4 Å². The molecular weight excluding hydrogens is 428 g/mol. The minimum atomic E-state index is -0.483. The van der Waals surface area contributed by atoms with Gasteiger partial charge >= 0.3 is 5.97 Å². The highest BCUT2D eigenvalue weighted by Crippen LogP contribution is 2.31. The number of nitrogens with two attached hydrogens (primary N) is 1.